The summed E-state index contributed by atoms with van der Waals surface area (Å²) < 4.78 is 0. The van der Waals surface area contributed by atoms with Crippen molar-refractivity contribution >= 4 is 17.4 Å². The molecule has 0 amide bonds. The van der Waals surface area contributed by atoms with Crippen molar-refractivity contribution in [2.24, 2.45) is 0 Å². The molecule has 2 nitrogen and oxygen atoms in total. The van der Waals surface area contributed by atoms with Crippen molar-refractivity contribution < 1.29 is 5.11 Å². The first-order chi connectivity index (χ1) is 6.50. The first kappa shape index (κ1) is 11.4. The number of nitrogen functional groups attached to an aromatic ring is 1. The highest BCUT2D eigenvalue weighted by molar-refractivity contribution is 8.00. The summed E-state index contributed by atoms with van der Waals surface area (Å²) in [6.07, 6.45) is -0.305. The first-order valence-corrected chi connectivity index (χ1v) is 5.59. The van der Waals surface area contributed by atoms with E-state index >= 15 is 0 Å². The molecule has 0 aromatic heterocycles. The lowest BCUT2D eigenvalue weighted by atomic mass is 10.2. The molecule has 0 aliphatic carbocycles. The fourth-order valence-corrected chi connectivity index (χ4v) is 2.10. The second-order valence-corrected chi connectivity index (χ2v) is 5.01. The molecular formula is C11H17NOS. The molecule has 0 saturated heterocycles. The Bertz CT molecular complexity index is 312. The topological polar surface area (TPSA) is 46.2 Å². The molecule has 3 heteroatoms. The summed E-state index contributed by atoms with van der Waals surface area (Å²) in [6, 6.07) is 5.86. The molecule has 0 spiro atoms. The molecule has 0 bridgehead atoms. The van der Waals surface area contributed by atoms with E-state index in [1.54, 1.807) is 18.7 Å². The number of rotatable bonds is 3. The van der Waals surface area contributed by atoms with Gasteiger partial charge in [0.05, 0.1) is 6.10 Å². The van der Waals surface area contributed by atoms with Crippen molar-refractivity contribution in [2.75, 3.05) is 5.73 Å². The fourth-order valence-electron chi connectivity index (χ4n) is 1.04. The predicted octanol–water partition coefficient (Wildman–Crippen LogP) is 2.44. The van der Waals surface area contributed by atoms with Crippen molar-refractivity contribution in [2.45, 2.75) is 37.0 Å². The van der Waals surface area contributed by atoms with E-state index in [1.807, 2.05) is 25.1 Å². The summed E-state index contributed by atoms with van der Waals surface area (Å²) >= 11 is 1.66. The van der Waals surface area contributed by atoms with Crippen LogP contribution >= 0.6 is 11.8 Å². The predicted molar refractivity (Wildman–Crippen MR) is 62.6 cm³/mol. The van der Waals surface area contributed by atoms with Crippen molar-refractivity contribution in [1.82, 2.24) is 0 Å². The lowest BCUT2D eigenvalue weighted by Gasteiger charge is -2.15. The Morgan fingerprint density at radius 3 is 2.57 bits per heavy atom. The molecule has 78 valence electrons. The third-order valence-electron chi connectivity index (χ3n) is 2.20. The standard InChI is InChI=1S/C11H17NOS/c1-7-4-5-10(12)6-11(7)14-9(3)8(2)13/h4-6,8-9,13H,12H2,1-3H3. The van der Waals surface area contributed by atoms with Gasteiger partial charge in [0.1, 0.15) is 0 Å². The van der Waals surface area contributed by atoms with Gasteiger partial charge in [-0.2, -0.15) is 0 Å². The average Bonchev–Trinajstić information content (AvgIpc) is 2.11. The largest absolute Gasteiger partial charge is 0.399 e. The van der Waals surface area contributed by atoms with E-state index in [4.69, 9.17) is 5.73 Å². The second kappa shape index (κ2) is 4.71. The van der Waals surface area contributed by atoms with E-state index < -0.39 is 0 Å². The van der Waals surface area contributed by atoms with Gasteiger partial charge in [-0.05, 0) is 31.5 Å². The van der Waals surface area contributed by atoms with Crippen LogP contribution < -0.4 is 5.73 Å². The third kappa shape index (κ3) is 2.93. The molecule has 3 N–H and O–H groups in total. The highest BCUT2D eigenvalue weighted by Gasteiger charge is 2.11. The molecule has 0 fully saturated rings. The van der Waals surface area contributed by atoms with Crippen LogP contribution in [0.1, 0.15) is 19.4 Å². The minimum Gasteiger partial charge on any atom is -0.399 e. The molecule has 0 aliphatic rings. The summed E-state index contributed by atoms with van der Waals surface area (Å²) in [6.45, 7) is 5.87. The molecule has 0 radical (unpaired) electrons. The van der Waals surface area contributed by atoms with E-state index in [0.29, 0.717) is 0 Å². The van der Waals surface area contributed by atoms with Crippen LogP contribution in [0.3, 0.4) is 0 Å². The molecule has 14 heavy (non-hydrogen) atoms. The maximum absolute atomic E-state index is 9.39. The first-order valence-electron chi connectivity index (χ1n) is 4.71. The van der Waals surface area contributed by atoms with Gasteiger partial charge in [0.15, 0.2) is 0 Å². The van der Waals surface area contributed by atoms with Crippen molar-refractivity contribution in [3.63, 3.8) is 0 Å². The van der Waals surface area contributed by atoms with Crippen LogP contribution in [-0.2, 0) is 0 Å². The summed E-state index contributed by atoms with van der Waals surface area (Å²) in [5.74, 6) is 0. The number of benzene rings is 1. The number of aryl methyl sites for hydroxylation is 1. The van der Waals surface area contributed by atoms with Crippen molar-refractivity contribution in [3.05, 3.63) is 23.8 Å². The Hall–Kier alpha value is -0.670. The van der Waals surface area contributed by atoms with Crippen LogP contribution in [0, 0.1) is 6.92 Å². The summed E-state index contributed by atoms with van der Waals surface area (Å²) in [4.78, 5) is 1.15. The maximum atomic E-state index is 9.39. The van der Waals surface area contributed by atoms with Gasteiger partial charge in [0.2, 0.25) is 0 Å². The lowest BCUT2D eigenvalue weighted by Crippen LogP contribution is -2.15. The number of aliphatic hydroxyl groups excluding tert-OH is 1. The number of hydrogen-bond acceptors (Lipinski definition) is 3. The van der Waals surface area contributed by atoms with Gasteiger partial charge in [-0.15, -0.1) is 11.8 Å². The highest BCUT2D eigenvalue weighted by atomic mass is 32.2. The molecule has 2 atom stereocenters. The summed E-state index contributed by atoms with van der Waals surface area (Å²) in [7, 11) is 0. The minimum absolute atomic E-state index is 0.190. The number of thioether (sulfide) groups is 1. The highest BCUT2D eigenvalue weighted by Crippen LogP contribution is 2.29. The number of hydrogen-bond donors (Lipinski definition) is 2. The molecule has 1 rings (SSSR count). The van der Waals surface area contributed by atoms with Gasteiger partial charge in [-0.1, -0.05) is 13.0 Å². The Balaban J connectivity index is 2.80. The molecule has 0 heterocycles. The number of anilines is 1. The van der Waals surface area contributed by atoms with Crippen molar-refractivity contribution in [3.8, 4) is 0 Å². The fraction of sp³-hybridized carbons (Fsp3) is 0.455. The number of aliphatic hydroxyl groups is 1. The third-order valence-corrected chi connectivity index (χ3v) is 3.66. The molecule has 0 saturated carbocycles. The Kier molecular flexibility index (Phi) is 3.84. The lowest BCUT2D eigenvalue weighted by molar-refractivity contribution is 0.196. The van der Waals surface area contributed by atoms with Crippen LogP contribution in [0.15, 0.2) is 23.1 Å². The normalized spacial score (nSPS) is 15.1. The average molecular weight is 211 g/mol. The van der Waals surface area contributed by atoms with Crippen LogP contribution in [0.5, 0.6) is 0 Å². The smallest absolute Gasteiger partial charge is 0.0631 e. The van der Waals surface area contributed by atoms with Gasteiger partial charge in [-0.3, -0.25) is 0 Å². The van der Waals surface area contributed by atoms with Gasteiger partial charge in [0.25, 0.3) is 0 Å². The zero-order valence-corrected chi connectivity index (χ0v) is 9.64. The SMILES string of the molecule is Cc1ccc(N)cc1SC(C)C(C)O. The molecular weight excluding hydrogens is 194 g/mol. The Morgan fingerprint density at radius 2 is 2.00 bits per heavy atom. The molecule has 2 unspecified atom stereocenters. The van der Waals surface area contributed by atoms with Crippen LogP contribution in [0.25, 0.3) is 0 Å². The van der Waals surface area contributed by atoms with E-state index in [0.717, 1.165) is 10.6 Å². The monoisotopic (exact) mass is 211 g/mol. The second-order valence-electron chi connectivity index (χ2n) is 3.59. The zero-order chi connectivity index (χ0) is 10.7. The number of nitrogens with two attached hydrogens (primary N) is 1. The van der Waals surface area contributed by atoms with Gasteiger partial charge in [0, 0.05) is 15.8 Å². The zero-order valence-electron chi connectivity index (χ0n) is 8.82. The Morgan fingerprint density at radius 1 is 1.36 bits per heavy atom. The van der Waals surface area contributed by atoms with Crippen LogP contribution in [-0.4, -0.2) is 16.5 Å². The quantitative estimate of drug-likeness (QED) is 0.596. The van der Waals surface area contributed by atoms with E-state index in [-0.39, 0.29) is 11.4 Å². The van der Waals surface area contributed by atoms with E-state index in [1.165, 1.54) is 5.56 Å². The van der Waals surface area contributed by atoms with Gasteiger partial charge >= 0.3 is 0 Å². The molecule has 0 aliphatic heterocycles. The summed E-state index contributed by atoms with van der Waals surface area (Å²) in [5.41, 5.74) is 7.68. The van der Waals surface area contributed by atoms with E-state index in [9.17, 15) is 5.11 Å². The van der Waals surface area contributed by atoms with Crippen LogP contribution in [0.4, 0.5) is 5.69 Å². The van der Waals surface area contributed by atoms with Crippen molar-refractivity contribution in [1.29, 1.82) is 0 Å². The van der Waals surface area contributed by atoms with E-state index in [2.05, 4.69) is 6.92 Å². The Labute approximate surface area is 89.5 Å². The summed E-state index contributed by atoms with van der Waals surface area (Å²) in [5, 5.41) is 9.58. The molecule has 1 aromatic rings. The van der Waals surface area contributed by atoms with Gasteiger partial charge in [-0.25, -0.2) is 0 Å². The minimum atomic E-state index is -0.305. The maximum Gasteiger partial charge on any atom is 0.0631 e. The van der Waals surface area contributed by atoms with Gasteiger partial charge < -0.3 is 10.8 Å². The van der Waals surface area contributed by atoms with Crippen LogP contribution in [0.2, 0.25) is 0 Å². The molecule has 1 aromatic carbocycles.